The van der Waals surface area contributed by atoms with Crippen LogP contribution in [0.3, 0.4) is 0 Å². The zero-order valence-electron chi connectivity index (χ0n) is 27.1. The van der Waals surface area contributed by atoms with E-state index in [1.54, 1.807) is 0 Å². The molecular weight excluding hydrogens is 583 g/mol. The lowest BCUT2D eigenvalue weighted by molar-refractivity contribution is 0.710. The van der Waals surface area contributed by atoms with E-state index in [-0.39, 0.29) is 0 Å². The fraction of sp³-hybridized carbons (Fsp3) is 0.0889. The first kappa shape index (κ1) is 29.5. The van der Waals surface area contributed by atoms with Crippen LogP contribution in [0.5, 0.6) is 0 Å². The van der Waals surface area contributed by atoms with E-state index in [1.807, 2.05) is 36.4 Å². The summed E-state index contributed by atoms with van der Waals surface area (Å²) in [5.41, 5.74) is 11.4. The SMILES string of the molecule is CC1=CC(c2cc(-c3nc(-c4ccccc4)nc(-c4ccccc4)n3)cc(-c3ccccc3-c3cccc4ccccc34)c2)=CC(C)C1. The molecule has 1 unspecified atom stereocenters. The highest BCUT2D eigenvalue weighted by Crippen LogP contribution is 2.40. The Labute approximate surface area is 282 Å². The van der Waals surface area contributed by atoms with Crippen molar-refractivity contribution in [3.8, 4) is 56.4 Å². The second-order valence-corrected chi connectivity index (χ2v) is 12.7. The van der Waals surface area contributed by atoms with Crippen LogP contribution in [-0.2, 0) is 0 Å². The molecule has 1 atom stereocenters. The van der Waals surface area contributed by atoms with E-state index in [0.717, 1.165) is 34.2 Å². The van der Waals surface area contributed by atoms with Gasteiger partial charge in [0.25, 0.3) is 0 Å². The Morgan fingerprint density at radius 1 is 0.479 bits per heavy atom. The third-order valence-corrected chi connectivity index (χ3v) is 9.05. The molecule has 0 spiro atoms. The number of nitrogens with zero attached hydrogens (tertiary/aromatic N) is 3. The Bertz CT molecular complexity index is 2270. The first-order valence-electron chi connectivity index (χ1n) is 16.6. The molecule has 1 aliphatic rings. The number of fused-ring (bicyclic) bond motifs is 1. The molecule has 8 rings (SSSR count). The van der Waals surface area contributed by atoms with Crippen LogP contribution in [0.15, 0.2) is 163 Å². The van der Waals surface area contributed by atoms with Crippen LogP contribution in [-0.4, -0.2) is 15.0 Å². The average Bonchev–Trinajstić information content (AvgIpc) is 3.14. The summed E-state index contributed by atoms with van der Waals surface area (Å²) in [6.07, 6.45) is 5.80. The van der Waals surface area contributed by atoms with Gasteiger partial charge in [0, 0.05) is 16.7 Å². The summed E-state index contributed by atoms with van der Waals surface area (Å²) < 4.78 is 0. The minimum Gasteiger partial charge on any atom is -0.208 e. The maximum absolute atomic E-state index is 5.11. The van der Waals surface area contributed by atoms with Gasteiger partial charge in [-0.25, -0.2) is 15.0 Å². The topological polar surface area (TPSA) is 38.7 Å². The van der Waals surface area contributed by atoms with Gasteiger partial charge in [-0.1, -0.05) is 152 Å². The van der Waals surface area contributed by atoms with Gasteiger partial charge in [-0.15, -0.1) is 0 Å². The summed E-state index contributed by atoms with van der Waals surface area (Å²) >= 11 is 0. The number of benzene rings is 6. The average molecular weight is 618 g/mol. The first-order chi connectivity index (χ1) is 23.6. The second kappa shape index (κ2) is 12.7. The third-order valence-electron chi connectivity index (χ3n) is 9.05. The van der Waals surface area contributed by atoms with Crippen molar-refractivity contribution in [1.29, 1.82) is 0 Å². The lowest BCUT2D eigenvalue weighted by Gasteiger charge is -2.19. The Kier molecular flexibility index (Phi) is 7.79. The molecule has 0 amide bonds. The summed E-state index contributed by atoms with van der Waals surface area (Å²) in [4.78, 5) is 15.2. The molecule has 3 nitrogen and oxygen atoms in total. The van der Waals surface area contributed by atoms with E-state index in [1.165, 1.54) is 38.6 Å². The van der Waals surface area contributed by atoms with Gasteiger partial charge in [-0.05, 0) is 81.6 Å². The molecule has 1 aliphatic carbocycles. The summed E-state index contributed by atoms with van der Waals surface area (Å²) in [5.74, 6) is 2.43. The minimum absolute atomic E-state index is 0.464. The van der Waals surface area contributed by atoms with E-state index in [2.05, 4.69) is 135 Å². The highest BCUT2D eigenvalue weighted by molar-refractivity contribution is 6.01. The van der Waals surface area contributed by atoms with E-state index in [4.69, 9.17) is 15.0 Å². The van der Waals surface area contributed by atoms with E-state index < -0.39 is 0 Å². The van der Waals surface area contributed by atoms with Gasteiger partial charge in [-0.3, -0.25) is 0 Å². The van der Waals surface area contributed by atoms with Crippen LogP contribution >= 0.6 is 0 Å². The monoisotopic (exact) mass is 617 g/mol. The fourth-order valence-electron chi connectivity index (χ4n) is 6.87. The van der Waals surface area contributed by atoms with Crippen molar-refractivity contribution in [1.82, 2.24) is 15.0 Å². The molecule has 1 heterocycles. The maximum atomic E-state index is 5.11. The van der Waals surface area contributed by atoms with Crippen LogP contribution in [0.1, 0.15) is 25.8 Å². The summed E-state index contributed by atoms with van der Waals surface area (Å²) in [7, 11) is 0. The lowest BCUT2D eigenvalue weighted by Crippen LogP contribution is -2.02. The lowest BCUT2D eigenvalue weighted by atomic mass is 9.86. The second-order valence-electron chi connectivity index (χ2n) is 12.7. The normalized spacial score (nSPS) is 14.4. The van der Waals surface area contributed by atoms with Crippen molar-refractivity contribution in [3.05, 3.63) is 169 Å². The molecule has 0 saturated carbocycles. The summed E-state index contributed by atoms with van der Waals surface area (Å²) in [6.45, 7) is 4.52. The number of aromatic nitrogens is 3. The molecule has 0 N–H and O–H groups in total. The molecule has 0 bridgehead atoms. The van der Waals surface area contributed by atoms with E-state index in [9.17, 15) is 0 Å². The summed E-state index contributed by atoms with van der Waals surface area (Å²) in [5, 5.41) is 2.47. The molecule has 48 heavy (non-hydrogen) atoms. The van der Waals surface area contributed by atoms with E-state index in [0.29, 0.717) is 23.4 Å². The van der Waals surface area contributed by atoms with Crippen LogP contribution < -0.4 is 0 Å². The van der Waals surface area contributed by atoms with Gasteiger partial charge >= 0.3 is 0 Å². The Morgan fingerprint density at radius 3 is 1.69 bits per heavy atom. The van der Waals surface area contributed by atoms with Gasteiger partial charge in [-0.2, -0.15) is 0 Å². The van der Waals surface area contributed by atoms with Gasteiger partial charge in [0.1, 0.15) is 0 Å². The molecule has 0 saturated heterocycles. The van der Waals surface area contributed by atoms with Crippen LogP contribution in [0, 0.1) is 5.92 Å². The Balaban J connectivity index is 1.37. The van der Waals surface area contributed by atoms with Crippen molar-refractivity contribution in [2.75, 3.05) is 0 Å². The highest BCUT2D eigenvalue weighted by atomic mass is 15.0. The maximum Gasteiger partial charge on any atom is 0.164 e. The number of hydrogen-bond acceptors (Lipinski definition) is 3. The minimum atomic E-state index is 0.464. The highest BCUT2D eigenvalue weighted by Gasteiger charge is 2.18. The van der Waals surface area contributed by atoms with Crippen molar-refractivity contribution in [3.63, 3.8) is 0 Å². The quantitative estimate of drug-likeness (QED) is 0.186. The number of hydrogen-bond donors (Lipinski definition) is 0. The molecule has 0 fully saturated rings. The first-order valence-corrected chi connectivity index (χ1v) is 16.6. The van der Waals surface area contributed by atoms with Crippen LogP contribution in [0.2, 0.25) is 0 Å². The third kappa shape index (κ3) is 5.87. The Hall–Kier alpha value is -5.93. The van der Waals surface area contributed by atoms with Gasteiger partial charge in [0.05, 0.1) is 0 Å². The zero-order chi connectivity index (χ0) is 32.5. The van der Waals surface area contributed by atoms with Gasteiger partial charge in [0.15, 0.2) is 17.5 Å². The largest absolute Gasteiger partial charge is 0.208 e. The summed E-state index contributed by atoms with van der Waals surface area (Å²) in [6, 6.07) is 51.1. The Morgan fingerprint density at radius 2 is 1.00 bits per heavy atom. The fourth-order valence-corrected chi connectivity index (χ4v) is 6.87. The zero-order valence-corrected chi connectivity index (χ0v) is 27.1. The van der Waals surface area contributed by atoms with Crippen molar-refractivity contribution in [2.45, 2.75) is 20.3 Å². The van der Waals surface area contributed by atoms with Crippen molar-refractivity contribution >= 4 is 16.3 Å². The standard InChI is InChI=1S/C45H35N3/c1-30-24-31(2)26-35(25-30)36-27-37(40-21-11-12-22-41(40)42-23-13-19-32-14-9-10-20-39(32)42)29-38(28-36)45-47-43(33-15-5-3-6-16-33)46-44(48-45)34-17-7-4-8-18-34/h3-23,25-30H,24H2,1-2H3. The molecule has 0 radical (unpaired) electrons. The predicted octanol–water partition coefficient (Wildman–Crippen LogP) is 11.7. The van der Waals surface area contributed by atoms with E-state index >= 15 is 0 Å². The molecule has 1 aromatic heterocycles. The molecule has 230 valence electrons. The van der Waals surface area contributed by atoms with Crippen molar-refractivity contribution in [2.24, 2.45) is 5.92 Å². The predicted molar refractivity (Wildman–Crippen MR) is 200 cm³/mol. The molecular formula is C45H35N3. The van der Waals surface area contributed by atoms with Crippen LogP contribution in [0.25, 0.3) is 72.8 Å². The van der Waals surface area contributed by atoms with Crippen molar-refractivity contribution < 1.29 is 0 Å². The molecule has 0 aliphatic heterocycles. The molecule has 6 aromatic carbocycles. The molecule has 7 aromatic rings. The van der Waals surface area contributed by atoms with Gasteiger partial charge < -0.3 is 0 Å². The number of allylic oxidation sites excluding steroid dienone is 4. The van der Waals surface area contributed by atoms with Crippen LogP contribution in [0.4, 0.5) is 0 Å². The molecule has 3 heteroatoms. The van der Waals surface area contributed by atoms with Gasteiger partial charge in [0.2, 0.25) is 0 Å². The smallest absolute Gasteiger partial charge is 0.164 e. The number of rotatable bonds is 6.